The number of amides is 1. The Kier molecular flexibility index (Phi) is 5.86. The third kappa shape index (κ3) is 4.44. The third-order valence-electron chi connectivity index (χ3n) is 3.58. The van der Waals surface area contributed by atoms with Crippen molar-refractivity contribution in [2.75, 3.05) is 6.61 Å². The Bertz CT molecular complexity index is 1010. The van der Waals surface area contributed by atoms with Crippen molar-refractivity contribution < 1.29 is 19.6 Å². The molecule has 2 N–H and O–H groups in total. The first kappa shape index (κ1) is 19.7. The van der Waals surface area contributed by atoms with Crippen molar-refractivity contribution in [3.8, 4) is 11.5 Å². The van der Waals surface area contributed by atoms with Gasteiger partial charge in [-0.15, -0.1) is 0 Å². The molecule has 1 aliphatic heterocycles. The number of halogens is 1. The molecule has 1 fully saturated rings. The molecule has 0 unspecified atom stereocenters. The maximum absolute atomic E-state index is 12.2. The molecule has 1 saturated heterocycles. The van der Waals surface area contributed by atoms with Gasteiger partial charge in [0.2, 0.25) is 5.75 Å². The normalized spacial score (nSPS) is 16.4. The van der Waals surface area contributed by atoms with E-state index in [1.165, 1.54) is 18.2 Å². The molecule has 2 aromatic rings. The van der Waals surface area contributed by atoms with E-state index in [0.29, 0.717) is 26.3 Å². The minimum Gasteiger partial charge on any atom is -0.500 e. The standard InChI is InChI=1S/C18H14ClN3O5S/c1-2-27-14-8-10(7-13(16(14)23)22(25)26)9-15-17(24)21-18(28-15)20-12-5-3-11(19)4-6-12/h3-9,23H,2H2,1H3,(H,20,21,24)/b15-9-. The highest BCUT2D eigenvalue weighted by atomic mass is 35.5. The minimum absolute atomic E-state index is 0.0259. The van der Waals surface area contributed by atoms with Crippen LogP contribution in [0, 0.1) is 10.1 Å². The summed E-state index contributed by atoms with van der Waals surface area (Å²) in [7, 11) is 0. The number of nitro groups is 1. The predicted octanol–water partition coefficient (Wildman–Crippen LogP) is 4.24. The minimum atomic E-state index is -0.713. The van der Waals surface area contributed by atoms with Crippen molar-refractivity contribution in [1.29, 1.82) is 0 Å². The van der Waals surface area contributed by atoms with Crippen LogP contribution in [0.5, 0.6) is 11.5 Å². The lowest BCUT2D eigenvalue weighted by molar-refractivity contribution is -0.386. The van der Waals surface area contributed by atoms with Crippen LogP contribution in [0.3, 0.4) is 0 Å². The summed E-state index contributed by atoms with van der Waals surface area (Å²) >= 11 is 6.93. The quantitative estimate of drug-likeness (QED) is 0.425. The van der Waals surface area contributed by atoms with E-state index in [4.69, 9.17) is 16.3 Å². The summed E-state index contributed by atoms with van der Waals surface area (Å²) in [5, 5.41) is 24.7. The van der Waals surface area contributed by atoms with Crippen molar-refractivity contribution >= 4 is 51.9 Å². The number of nitrogens with one attached hydrogen (secondary N) is 1. The number of phenolic OH excluding ortho intramolecular Hbond substituents is 1. The van der Waals surface area contributed by atoms with Gasteiger partial charge in [0.25, 0.3) is 5.91 Å². The lowest BCUT2D eigenvalue weighted by Crippen LogP contribution is -2.19. The van der Waals surface area contributed by atoms with Crippen LogP contribution < -0.4 is 10.1 Å². The molecule has 10 heteroatoms. The van der Waals surface area contributed by atoms with Gasteiger partial charge < -0.3 is 15.2 Å². The van der Waals surface area contributed by atoms with Crippen LogP contribution in [0.4, 0.5) is 11.4 Å². The largest absolute Gasteiger partial charge is 0.500 e. The fourth-order valence-corrected chi connectivity index (χ4v) is 3.33. The van der Waals surface area contributed by atoms with Gasteiger partial charge in [-0.1, -0.05) is 11.6 Å². The lowest BCUT2D eigenvalue weighted by Gasteiger charge is -2.07. The zero-order valence-electron chi connectivity index (χ0n) is 14.5. The summed E-state index contributed by atoms with van der Waals surface area (Å²) in [6, 6.07) is 9.39. The van der Waals surface area contributed by atoms with Crippen LogP contribution in [-0.4, -0.2) is 27.7 Å². The molecule has 144 valence electrons. The van der Waals surface area contributed by atoms with E-state index in [2.05, 4.69) is 10.3 Å². The second kappa shape index (κ2) is 8.32. The summed E-state index contributed by atoms with van der Waals surface area (Å²) in [6.45, 7) is 1.91. The molecule has 3 rings (SSSR count). The number of carbonyl (C=O) groups is 1. The van der Waals surface area contributed by atoms with Gasteiger partial charge in [0.05, 0.1) is 22.1 Å². The second-order valence-electron chi connectivity index (χ2n) is 5.54. The fourth-order valence-electron chi connectivity index (χ4n) is 2.37. The fraction of sp³-hybridized carbons (Fsp3) is 0.111. The van der Waals surface area contributed by atoms with Crippen molar-refractivity contribution in [3.63, 3.8) is 0 Å². The van der Waals surface area contributed by atoms with Crippen LogP contribution in [-0.2, 0) is 4.79 Å². The summed E-state index contributed by atoms with van der Waals surface area (Å²) in [5.41, 5.74) is 0.460. The van der Waals surface area contributed by atoms with Crippen LogP contribution in [0.15, 0.2) is 46.3 Å². The van der Waals surface area contributed by atoms with Gasteiger partial charge in [0, 0.05) is 11.1 Å². The number of phenols is 1. The maximum atomic E-state index is 12.2. The first-order chi connectivity index (χ1) is 13.4. The molecule has 0 aromatic heterocycles. The molecular formula is C18H14ClN3O5S. The molecule has 28 heavy (non-hydrogen) atoms. The van der Waals surface area contributed by atoms with Crippen LogP contribution in [0.2, 0.25) is 5.02 Å². The molecule has 0 saturated carbocycles. The smallest absolute Gasteiger partial charge is 0.315 e. The van der Waals surface area contributed by atoms with Crippen molar-refractivity contribution in [2.24, 2.45) is 4.99 Å². The molecule has 0 atom stereocenters. The number of amidine groups is 1. The maximum Gasteiger partial charge on any atom is 0.315 e. The third-order valence-corrected chi connectivity index (χ3v) is 4.74. The first-order valence-electron chi connectivity index (χ1n) is 8.06. The van der Waals surface area contributed by atoms with Gasteiger partial charge in [-0.3, -0.25) is 14.9 Å². The number of thioether (sulfide) groups is 1. The molecule has 1 aliphatic rings. The Morgan fingerprint density at radius 2 is 2.07 bits per heavy atom. The molecule has 0 spiro atoms. The number of rotatable bonds is 5. The van der Waals surface area contributed by atoms with Gasteiger partial charge in [-0.25, -0.2) is 4.99 Å². The number of aliphatic imine (C=N–C) groups is 1. The van der Waals surface area contributed by atoms with E-state index in [-0.39, 0.29) is 18.3 Å². The zero-order chi connectivity index (χ0) is 20.3. The molecular weight excluding hydrogens is 406 g/mol. The average Bonchev–Trinajstić information content (AvgIpc) is 2.98. The predicted molar refractivity (Wildman–Crippen MR) is 108 cm³/mol. The zero-order valence-corrected chi connectivity index (χ0v) is 16.1. The van der Waals surface area contributed by atoms with Gasteiger partial charge >= 0.3 is 5.69 Å². The molecule has 8 nitrogen and oxygen atoms in total. The van der Waals surface area contributed by atoms with E-state index >= 15 is 0 Å². The molecule has 2 aromatic carbocycles. The topological polar surface area (TPSA) is 114 Å². The number of ether oxygens (including phenoxy) is 1. The number of nitro benzene ring substituents is 1. The van der Waals surface area contributed by atoms with Crippen molar-refractivity contribution in [2.45, 2.75) is 6.92 Å². The van der Waals surface area contributed by atoms with Gasteiger partial charge in [0.15, 0.2) is 10.9 Å². The van der Waals surface area contributed by atoms with Crippen molar-refractivity contribution in [1.82, 2.24) is 5.32 Å². The first-order valence-corrected chi connectivity index (χ1v) is 9.26. The van der Waals surface area contributed by atoms with Crippen LogP contribution in [0.1, 0.15) is 12.5 Å². The molecule has 1 heterocycles. The highest BCUT2D eigenvalue weighted by Crippen LogP contribution is 2.38. The summed E-state index contributed by atoms with van der Waals surface area (Å²) in [4.78, 5) is 27.3. The van der Waals surface area contributed by atoms with E-state index in [1.807, 2.05) is 0 Å². The number of hydrogen-bond acceptors (Lipinski definition) is 7. The highest BCUT2D eigenvalue weighted by molar-refractivity contribution is 8.18. The summed E-state index contributed by atoms with van der Waals surface area (Å²) < 4.78 is 5.24. The van der Waals surface area contributed by atoms with Gasteiger partial charge in [-0.2, -0.15) is 0 Å². The average molecular weight is 420 g/mol. The molecule has 0 radical (unpaired) electrons. The van der Waals surface area contributed by atoms with Crippen LogP contribution in [0.25, 0.3) is 6.08 Å². The van der Waals surface area contributed by atoms with E-state index in [0.717, 1.165) is 11.8 Å². The van der Waals surface area contributed by atoms with Crippen LogP contribution >= 0.6 is 23.4 Å². The number of aromatic hydroxyl groups is 1. The Labute approximate surface area is 169 Å². The van der Waals surface area contributed by atoms with E-state index in [9.17, 15) is 20.0 Å². The van der Waals surface area contributed by atoms with E-state index < -0.39 is 16.4 Å². The monoisotopic (exact) mass is 419 g/mol. The molecule has 0 aliphatic carbocycles. The van der Waals surface area contributed by atoms with Gasteiger partial charge in [0.1, 0.15) is 0 Å². The Morgan fingerprint density at radius 1 is 1.36 bits per heavy atom. The number of nitrogens with zero attached hydrogens (tertiary/aromatic N) is 2. The number of carbonyl (C=O) groups excluding carboxylic acids is 1. The van der Waals surface area contributed by atoms with Gasteiger partial charge in [-0.05, 0) is 60.7 Å². The highest BCUT2D eigenvalue weighted by Gasteiger charge is 2.25. The number of benzene rings is 2. The molecule has 0 bridgehead atoms. The summed E-state index contributed by atoms with van der Waals surface area (Å²) in [5.74, 6) is -0.962. The van der Waals surface area contributed by atoms with Crippen molar-refractivity contribution in [3.05, 3.63) is 62.0 Å². The Balaban J connectivity index is 1.92. The lowest BCUT2D eigenvalue weighted by atomic mass is 10.1. The summed E-state index contributed by atoms with van der Waals surface area (Å²) in [6.07, 6.45) is 1.47. The SMILES string of the molecule is CCOc1cc(/C=C2\SC(=Nc3ccc(Cl)cc3)NC2=O)cc([N+](=O)[O-])c1O. The second-order valence-corrected chi connectivity index (χ2v) is 7.00. The molecule has 1 amide bonds. The Hall–Kier alpha value is -3.04. The number of hydrogen-bond donors (Lipinski definition) is 2. The van der Waals surface area contributed by atoms with E-state index in [1.54, 1.807) is 31.2 Å². The Morgan fingerprint density at radius 3 is 2.71 bits per heavy atom.